The third kappa shape index (κ3) is 3.80. The zero-order valence-electron chi connectivity index (χ0n) is 13.7. The first kappa shape index (κ1) is 17.4. The highest BCUT2D eigenvalue weighted by molar-refractivity contribution is 8.01. The van der Waals surface area contributed by atoms with Crippen molar-refractivity contribution in [3.05, 3.63) is 58.0 Å². The number of fused-ring (bicyclic) bond motifs is 1. The summed E-state index contributed by atoms with van der Waals surface area (Å²) >= 11 is 2.72. The van der Waals surface area contributed by atoms with Gasteiger partial charge >= 0.3 is 0 Å². The first-order valence-electron chi connectivity index (χ1n) is 7.41. The van der Waals surface area contributed by atoms with Crippen molar-refractivity contribution >= 4 is 45.1 Å². The summed E-state index contributed by atoms with van der Waals surface area (Å²) in [6.45, 7) is 7.48. The minimum atomic E-state index is -0.534. The van der Waals surface area contributed by atoms with E-state index >= 15 is 0 Å². The molecule has 1 amide bonds. The van der Waals surface area contributed by atoms with E-state index in [0.29, 0.717) is 21.9 Å². The normalized spacial score (nSPS) is 10.8. The van der Waals surface area contributed by atoms with E-state index in [1.54, 1.807) is 18.2 Å². The molecule has 0 radical (unpaired) electrons. The minimum absolute atomic E-state index is 0.0590. The molecule has 0 atom stereocenters. The van der Waals surface area contributed by atoms with Crippen LogP contribution < -0.4 is 10.7 Å². The van der Waals surface area contributed by atoms with Crippen LogP contribution in [-0.2, 0) is 0 Å². The van der Waals surface area contributed by atoms with Gasteiger partial charge in [0.05, 0.1) is 5.39 Å². The number of carbonyl (C=O) groups excluding carboxylic acids is 1. The minimum Gasteiger partial charge on any atom is -0.451 e. The van der Waals surface area contributed by atoms with Crippen LogP contribution in [0.15, 0.2) is 44.4 Å². The molecule has 0 aliphatic carbocycles. The lowest BCUT2D eigenvalue weighted by molar-refractivity contribution is 0.0997. The third-order valence-corrected chi connectivity index (χ3v) is 5.49. The summed E-state index contributed by atoms with van der Waals surface area (Å²) < 4.78 is 6.33. The second-order valence-corrected chi connectivity index (χ2v) is 7.58. The Labute approximate surface area is 152 Å². The molecule has 0 spiro atoms. The molecule has 25 heavy (non-hydrogen) atoms. The zero-order valence-corrected chi connectivity index (χ0v) is 15.3. The molecule has 128 valence electrons. The summed E-state index contributed by atoms with van der Waals surface area (Å²) in [5.41, 5.74) is 2.12. The molecule has 0 aliphatic heterocycles. The molecule has 6 nitrogen and oxygen atoms in total. The molecule has 0 aliphatic rings. The van der Waals surface area contributed by atoms with Crippen molar-refractivity contribution in [1.29, 1.82) is 0 Å². The fourth-order valence-corrected chi connectivity index (χ4v) is 3.64. The molecule has 1 aromatic carbocycles. The molecular formula is C17H15N3O3S2. The van der Waals surface area contributed by atoms with Gasteiger partial charge in [-0.1, -0.05) is 29.2 Å². The second kappa shape index (κ2) is 7.20. The number of rotatable bonds is 5. The van der Waals surface area contributed by atoms with E-state index < -0.39 is 5.91 Å². The van der Waals surface area contributed by atoms with Gasteiger partial charge in [0.15, 0.2) is 15.5 Å². The number of thioether (sulfide) groups is 1. The number of anilines is 1. The van der Waals surface area contributed by atoms with Gasteiger partial charge < -0.3 is 4.42 Å². The van der Waals surface area contributed by atoms with E-state index in [1.807, 2.05) is 13.8 Å². The molecule has 2 aromatic heterocycles. The summed E-state index contributed by atoms with van der Waals surface area (Å²) in [5, 5.41) is 11.3. The maximum absolute atomic E-state index is 12.4. The van der Waals surface area contributed by atoms with E-state index in [2.05, 4.69) is 22.1 Å². The summed E-state index contributed by atoms with van der Waals surface area (Å²) in [7, 11) is 0. The standard InChI is InChI=1S/C17H15N3O3S2/c1-4-5-24-17-20-19-16(25-17)18-15(22)14-8-12(21)11-6-9(2)10(3)7-13(11)23-14/h4,6-8H,1,5H2,2-3H3,(H,18,19,22). The Morgan fingerprint density at radius 3 is 2.84 bits per heavy atom. The topological polar surface area (TPSA) is 85.1 Å². The highest BCUT2D eigenvalue weighted by Crippen LogP contribution is 2.26. The average Bonchev–Trinajstić information content (AvgIpc) is 3.02. The van der Waals surface area contributed by atoms with Crippen molar-refractivity contribution in [3.63, 3.8) is 0 Å². The lowest BCUT2D eigenvalue weighted by Crippen LogP contribution is -2.15. The van der Waals surface area contributed by atoms with Crippen molar-refractivity contribution in [2.75, 3.05) is 11.1 Å². The zero-order chi connectivity index (χ0) is 18.0. The average molecular weight is 373 g/mol. The van der Waals surface area contributed by atoms with Crippen LogP contribution in [0.1, 0.15) is 21.7 Å². The number of nitrogens with zero attached hydrogens (tertiary/aromatic N) is 2. The van der Waals surface area contributed by atoms with Crippen molar-refractivity contribution in [2.45, 2.75) is 18.2 Å². The van der Waals surface area contributed by atoms with Crippen molar-refractivity contribution in [1.82, 2.24) is 10.2 Å². The van der Waals surface area contributed by atoms with E-state index in [4.69, 9.17) is 4.42 Å². The number of hydrogen-bond donors (Lipinski definition) is 1. The summed E-state index contributed by atoms with van der Waals surface area (Å²) in [5.74, 6) is 0.117. The number of hydrogen-bond acceptors (Lipinski definition) is 7. The van der Waals surface area contributed by atoms with E-state index in [9.17, 15) is 9.59 Å². The van der Waals surface area contributed by atoms with Gasteiger partial charge in [0.25, 0.3) is 5.91 Å². The van der Waals surface area contributed by atoms with Crippen LogP contribution in [0.3, 0.4) is 0 Å². The number of amides is 1. The Bertz CT molecular complexity index is 1020. The van der Waals surface area contributed by atoms with Crippen LogP contribution in [0.4, 0.5) is 5.13 Å². The Kier molecular flexibility index (Phi) is 5.00. The van der Waals surface area contributed by atoms with Gasteiger partial charge in [0, 0.05) is 11.8 Å². The molecule has 0 bridgehead atoms. The van der Waals surface area contributed by atoms with Crippen LogP contribution in [-0.4, -0.2) is 21.9 Å². The number of benzene rings is 1. The van der Waals surface area contributed by atoms with E-state index in [1.165, 1.54) is 29.2 Å². The molecule has 0 fully saturated rings. The lowest BCUT2D eigenvalue weighted by atomic mass is 10.1. The van der Waals surface area contributed by atoms with Gasteiger partial charge in [-0.25, -0.2) is 0 Å². The van der Waals surface area contributed by atoms with Gasteiger partial charge in [-0.2, -0.15) is 0 Å². The molecular weight excluding hydrogens is 358 g/mol. The molecule has 3 aromatic rings. The monoisotopic (exact) mass is 373 g/mol. The van der Waals surface area contributed by atoms with Gasteiger partial charge in [-0.15, -0.1) is 16.8 Å². The third-order valence-electron chi connectivity index (χ3n) is 3.52. The molecule has 3 rings (SSSR count). The number of nitrogens with one attached hydrogen (secondary N) is 1. The van der Waals surface area contributed by atoms with Gasteiger partial charge in [0.2, 0.25) is 5.13 Å². The van der Waals surface area contributed by atoms with Crippen molar-refractivity contribution in [2.24, 2.45) is 0 Å². The molecule has 8 heteroatoms. The van der Waals surface area contributed by atoms with Crippen LogP contribution in [0, 0.1) is 13.8 Å². The first-order valence-corrected chi connectivity index (χ1v) is 9.22. The Morgan fingerprint density at radius 2 is 2.08 bits per heavy atom. The van der Waals surface area contributed by atoms with Crippen molar-refractivity contribution < 1.29 is 9.21 Å². The molecule has 2 heterocycles. The molecule has 0 saturated heterocycles. The number of aryl methyl sites for hydroxylation is 2. The van der Waals surface area contributed by atoms with E-state index in [0.717, 1.165) is 15.5 Å². The Hall–Kier alpha value is -2.45. The quantitative estimate of drug-likeness (QED) is 0.416. The number of aromatic nitrogens is 2. The Balaban J connectivity index is 1.87. The highest BCUT2D eigenvalue weighted by Gasteiger charge is 2.15. The maximum atomic E-state index is 12.4. The lowest BCUT2D eigenvalue weighted by Gasteiger charge is -2.05. The molecule has 1 N–H and O–H groups in total. The maximum Gasteiger partial charge on any atom is 0.293 e. The van der Waals surface area contributed by atoms with Crippen LogP contribution in [0.25, 0.3) is 11.0 Å². The van der Waals surface area contributed by atoms with E-state index in [-0.39, 0.29) is 11.2 Å². The fraction of sp³-hybridized carbons (Fsp3) is 0.176. The summed E-state index contributed by atoms with van der Waals surface area (Å²) in [4.78, 5) is 24.6. The highest BCUT2D eigenvalue weighted by atomic mass is 32.2. The van der Waals surface area contributed by atoms with Crippen LogP contribution in [0.2, 0.25) is 0 Å². The van der Waals surface area contributed by atoms with Crippen LogP contribution >= 0.6 is 23.1 Å². The Morgan fingerprint density at radius 1 is 1.32 bits per heavy atom. The van der Waals surface area contributed by atoms with Gasteiger partial charge in [-0.3, -0.25) is 14.9 Å². The smallest absolute Gasteiger partial charge is 0.293 e. The summed E-state index contributed by atoms with van der Waals surface area (Å²) in [6.07, 6.45) is 1.76. The van der Waals surface area contributed by atoms with Crippen molar-refractivity contribution in [3.8, 4) is 0 Å². The second-order valence-electron chi connectivity index (χ2n) is 5.33. The fourth-order valence-electron chi connectivity index (χ4n) is 2.13. The van der Waals surface area contributed by atoms with Gasteiger partial charge in [-0.05, 0) is 37.1 Å². The SMILES string of the molecule is C=CCSc1nnc(NC(=O)c2cc(=O)c3cc(C)c(C)cc3o2)s1. The summed E-state index contributed by atoms with van der Waals surface area (Å²) in [6, 6.07) is 4.73. The van der Waals surface area contributed by atoms with Crippen LogP contribution in [0.5, 0.6) is 0 Å². The molecule has 0 unspecified atom stereocenters. The molecule has 0 saturated carbocycles. The predicted octanol–water partition coefficient (Wildman–Crippen LogP) is 3.79. The first-order chi connectivity index (χ1) is 12.0. The number of carbonyl (C=O) groups is 1. The largest absolute Gasteiger partial charge is 0.451 e. The predicted molar refractivity (Wildman–Crippen MR) is 101 cm³/mol. The van der Waals surface area contributed by atoms with Gasteiger partial charge in [0.1, 0.15) is 5.58 Å².